The predicted molar refractivity (Wildman–Crippen MR) is 135 cm³/mol. The second-order valence-corrected chi connectivity index (χ2v) is 9.11. The number of nitrogens with one attached hydrogen (secondary N) is 1. The minimum absolute atomic E-state index is 0.0395. The molecule has 0 fully saturated rings. The monoisotopic (exact) mass is 466 g/mol. The molecule has 0 aliphatic rings. The molecule has 1 atom stereocenters. The third kappa shape index (κ3) is 6.16. The summed E-state index contributed by atoms with van der Waals surface area (Å²) >= 11 is 1.40. The van der Waals surface area contributed by atoms with Crippen LogP contribution < -0.4 is 10.1 Å². The second kappa shape index (κ2) is 11.4. The lowest BCUT2D eigenvalue weighted by atomic mass is 10.0. The Labute approximate surface area is 201 Å². The van der Waals surface area contributed by atoms with Crippen molar-refractivity contribution in [3.05, 3.63) is 64.5 Å². The Morgan fingerprint density at radius 1 is 1.06 bits per heavy atom. The van der Waals surface area contributed by atoms with Crippen LogP contribution in [0, 0.1) is 13.8 Å². The summed E-state index contributed by atoms with van der Waals surface area (Å²) in [6.45, 7) is 13.0. The lowest BCUT2D eigenvalue weighted by Crippen LogP contribution is -2.17. The van der Waals surface area contributed by atoms with Gasteiger partial charge in [0.15, 0.2) is 17.1 Å². The molecule has 0 bridgehead atoms. The largest absolute Gasteiger partial charge is 0.483 e. The van der Waals surface area contributed by atoms with Crippen LogP contribution in [0.3, 0.4) is 0 Å². The molecule has 3 rings (SSSR count). The van der Waals surface area contributed by atoms with Crippen molar-refractivity contribution in [1.29, 1.82) is 0 Å². The van der Waals surface area contributed by atoms with Crippen LogP contribution in [-0.2, 0) is 24.2 Å². The fourth-order valence-electron chi connectivity index (χ4n) is 3.97. The van der Waals surface area contributed by atoms with Crippen LogP contribution in [0.25, 0.3) is 0 Å². The summed E-state index contributed by atoms with van der Waals surface area (Å²) < 4.78 is 8.18. The highest BCUT2D eigenvalue weighted by Crippen LogP contribution is 2.27. The summed E-state index contributed by atoms with van der Waals surface area (Å²) in [5.41, 5.74) is 5.58. The number of carbonyl (C=O) groups excluding carboxylic acids is 1. The highest BCUT2D eigenvalue weighted by atomic mass is 32.2. The topological polar surface area (TPSA) is 69.0 Å². The smallest absolute Gasteiger partial charge is 0.234 e. The van der Waals surface area contributed by atoms with Crippen LogP contribution in [0.1, 0.15) is 61.9 Å². The number of thioether (sulfide) groups is 1. The quantitative estimate of drug-likeness (QED) is 0.376. The van der Waals surface area contributed by atoms with Gasteiger partial charge < -0.3 is 14.6 Å². The number of hydrogen-bond donors (Lipinski definition) is 1. The maximum atomic E-state index is 12.8. The first-order chi connectivity index (χ1) is 15.9. The lowest BCUT2D eigenvalue weighted by molar-refractivity contribution is -0.113. The van der Waals surface area contributed by atoms with Gasteiger partial charge in [-0.15, -0.1) is 10.2 Å². The van der Waals surface area contributed by atoms with Crippen molar-refractivity contribution in [3.8, 4) is 5.75 Å². The average molecular weight is 467 g/mol. The van der Waals surface area contributed by atoms with Gasteiger partial charge in [-0.2, -0.15) is 0 Å². The standard InChI is InChI=1S/C26H34N4O2S/c1-7-20-11-10-12-21(8-2)24(20)27-23(31)16-33-26-29-28-25(30(26)9-3)19(6)32-22-14-17(4)13-18(5)15-22/h10-15,19H,7-9,16H2,1-6H3,(H,27,31). The summed E-state index contributed by atoms with van der Waals surface area (Å²) in [6.07, 6.45) is 1.50. The van der Waals surface area contributed by atoms with Crippen LogP contribution in [0.5, 0.6) is 5.75 Å². The molecule has 2 aromatic carbocycles. The number of rotatable bonds is 10. The first-order valence-electron chi connectivity index (χ1n) is 11.6. The van der Waals surface area contributed by atoms with E-state index in [9.17, 15) is 4.79 Å². The summed E-state index contributed by atoms with van der Waals surface area (Å²) in [7, 11) is 0. The van der Waals surface area contributed by atoms with Gasteiger partial charge in [0.2, 0.25) is 5.91 Å². The molecular formula is C26H34N4O2S. The van der Waals surface area contributed by atoms with Gasteiger partial charge in [0, 0.05) is 12.2 Å². The van der Waals surface area contributed by atoms with Gasteiger partial charge >= 0.3 is 0 Å². The van der Waals surface area contributed by atoms with E-state index >= 15 is 0 Å². The van der Waals surface area contributed by atoms with Gasteiger partial charge in [-0.05, 0) is 74.9 Å². The second-order valence-electron chi connectivity index (χ2n) is 8.16. The first kappa shape index (κ1) is 24.8. The summed E-state index contributed by atoms with van der Waals surface area (Å²) in [6, 6.07) is 12.4. The van der Waals surface area contributed by atoms with E-state index < -0.39 is 0 Å². The molecule has 6 nitrogen and oxygen atoms in total. The molecule has 1 heterocycles. The molecule has 0 spiro atoms. The number of hydrogen-bond acceptors (Lipinski definition) is 5. The Bertz CT molecular complexity index is 1070. The van der Waals surface area contributed by atoms with Gasteiger partial charge in [0.1, 0.15) is 5.75 Å². The van der Waals surface area contributed by atoms with Gasteiger partial charge in [-0.3, -0.25) is 4.79 Å². The van der Waals surface area contributed by atoms with Crippen molar-refractivity contribution < 1.29 is 9.53 Å². The van der Waals surface area contributed by atoms with Crippen LogP contribution >= 0.6 is 11.8 Å². The number of nitrogens with zero attached hydrogens (tertiary/aromatic N) is 3. The molecule has 0 radical (unpaired) electrons. The first-order valence-corrected chi connectivity index (χ1v) is 12.6. The molecule has 0 saturated carbocycles. The molecule has 7 heteroatoms. The highest BCUT2D eigenvalue weighted by Gasteiger charge is 2.20. The van der Waals surface area contributed by atoms with Crippen molar-refractivity contribution in [2.75, 3.05) is 11.1 Å². The number of anilines is 1. The van der Waals surface area contributed by atoms with Gasteiger partial charge in [0.25, 0.3) is 0 Å². The summed E-state index contributed by atoms with van der Waals surface area (Å²) in [5.74, 6) is 1.80. The Morgan fingerprint density at radius 3 is 2.27 bits per heavy atom. The zero-order valence-electron chi connectivity index (χ0n) is 20.4. The molecule has 33 heavy (non-hydrogen) atoms. The van der Waals surface area contributed by atoms with Gasteiger partial charge in [-0.25, -0.2) is 0 Å². The fraction of sp³-hybridized carbons (Fsp3) is 0.423. The van der Waals surface area contributed by atoms with Crippen molar-refractivity contribution in [2.24, 2.45) is 0 Å². The fourth-order valence-corrected chi connectivity index (χ4v) is 4.78. The van der Waals surface area contributed by atoms with Crippen LogP contribution in [-0.4, -0.2) is 26.4 Å². The Morgan fingerprint density at radius 2 is 1.70 bits per heavy atom. The Kier molecular flexibility index (Phi) is 8.55. The molecular weight excluding hydrogens is 432 g/mol. The zero-order valence-corrected chi connectivity index (χ0v) is 21.3. The number of para-hydroxylation sites is 1. The number of ether oxygens (including phenoxy) is 1. The van der Waals surface area contributed by atoms with Crippen molar-refractivity contribution >= 4 is 23.4 Å². The van der Waals surface area contributed by atoms with E-state index in [1.807, 2.05) is 30.5 Å². The van der Waals surface area contributed by atoms with E-state index in [2.05, 4.69) is 67.5 Å². The van der Waals surface area contributed by atoms with E-state index in [1.54, 1.807) is 0 Å². The minimum Gasteiger partial charge on any atom is -0.483 e. The normalized spacial score (nSPS) is 11.9. The molecule has 0 aliphatic carbocycles. The van der Waals surface area contributed by atoms with E-state index in [0.29, 0.717) is 6.54 Å². The number of amides is 1. The number of aromatic nitrogens is 3. The number of aryl methyl sites for hydroxylation is 4. The number of benzene rings is 2. The van der Waals surface area contributed by atoms with Crippen molar-refractivity contribution in [1.82, 2.24) is 14.8 Å². The summed E-state index contributed by atoms with van der Waals surface area (Å²) in [4.78, 5) is 12.8. The lowest BCUT2D eigenvalue weighted by Gasteiger charge is -2.16. The molecule has 0 saturated heterocycles. The molecule has 176 valence electrons. The SMILES string of the molecule is CCc1cccc(CC)c1NC(=O)CSc1nnc(C(C)Oc2cc(C)cc(C)c2)n1CC. The molecule has 1 amide bonds. The molecule has 1 N–H and O–H groups in total. The molecule has 1 aromatic heterocycles. The van der Waals surface area contributed by atoms with E-state index in [0.717, 1.165) is 57.5 Å². The third-order valence-electron chi connectivity index (χ3n) is 5.53. The number of carbonyl (C=O) groups is 1. The average Bonchev–Trinajstić information content (AvgIpc) is 3.20. The summed E-state index contributed by atoms with van der Waals surface area (Å²) in [5, 5.41) is 12.6. The van der Waals surface area contributed by atoms with Crippen LogP contribution in [0.15, 0.2) is 41.6 Å². The van der Waals surface area contributed by atoms with Gasteiger partial charge in [-0.1, -0.05) is 49.9 Å². The molecule has 1 unspecified atom stereocenters. The highest BCUT2D eigenvalue weighted by molar-refractivity contribution is 7.99. The zero-order chi connectivity index (χ0) is 24.0. The van der Waals surface area contributed by atoms with Crippen LogP contribution in [0.4, 0.5) is 5.69 Å². The van der Waals surface area contributed by atoms with E-state index in [4.69, 9.17) is 4.74 Å². The minimum atomic E-state index is -0.259. The van der Waals surface area contributed by atoms with Crippen molar-refractivity contribution in [3.63, 3.8) is 0 Å². The third-order valence-corrected chi connectivity index (χ3v) is 6.50. The maximum absolute atomic E-state index is 12.8. The Balaban J connectivity index is 1.68. The molecule has 3 aromatic rings. The van der Waals surface area contributed by atoms with Crippen molar-refractivity contribution in [2.45, 2.75) is 72.2 Å². The molecule has 0 aliphatic heterocycles. The van der Waals surface area contributed by atoms with Crippen LogP contribution in [0.2, 0.25) is 0 Å². The van der Waals surface area contributed by atoms with E-state index in [-0.39, 0.29) is 17.8 Å². The predicted octanol–water partition coefficient (Wildman–Crippen LogP) is 5.91. The Hall–Kier alpha value is -2.80. The van der Waals surface area contributed by atoms with Gasteiger partial charge in [0.05, 0.1) is 5.75 Å². The maximum Gasteiger partial charge on any atom is 0.234 e. The van der Waals surface area contributed by atoms with E-state index in [1.165, 1.54) is 11.8 Å².